The molecule has 7 heteroatoms. The number of hydrogen-bond acceptors (Lipinski definition) is 7. The molecule has 0 aliphatic heterocycles. The lowest BCUT2D eigenvalue weighted by Crippen LogP contribution is -2.27. The highest BCUT2D eigenvalue weighted by atomic mass is 16.3. The molecule has 0 atom stereocenters. The molecular weight excluding hydrogens is 420 g/mol. The van der Waals surface area contributed by atoms with E-state index >= 15 is 0 Å². The topological polar surface area (TPSA) is 144 Å². The Morgan fingerprint density at radius 3 is 1.91 bits per heavy atom. The quantitative estimate of drug-likeness (QED) is 0.191. The van der Waals surface area contributed by atoms with Crippen molar-refractivity contribution in [1.29, 1.82) is 0 Å². The standard InChI is InChI=1S/C26H30N2O5/c1-10(2)7-13-9-14(22(29)12(5)6)16-18(23(13)30)26(33)19-17(25(16)32)21(28)20(27)15(24(19)31)8-11(3)4/h9-11,30-31H,5,7-8,27-28H2,1-4,6H3. The van der Waals surface area contributed by atoms with Crippen LogP contribution in [-0.2, 0) is 12.8 Å². The van der Waals surface area contributed by atoms with Crippen LogP contribution in [0.1, 0.15) is 87.9 Å². The summed E-state index contributed by atoms with van der Waals surface area (Å²) in [5, 5.41) is 22.0. The minimum absolute atomic E-state index is 0.0259. The first kappa shape index (κ1) is 24.0. The summed E-state index contributed by atoms with van der Waals surface area (Å²) in [5.41, 5.74) is 12.0. The molecule has 0 amide bonds. The summed E-state index contributed by atoms with van der Waals surface area (Å²) in [7, 11) is 0. The highest BCUT2D eigenvalue weighted by Gasteiger charge is 2.41. The molecule has 0 saturated carbocycles. The maximum atomic E-state index is 13.7. The second-order valence-corrected chi connectivity index (χ2v) is 9.55. The Bertz CT molecular complexity index is 1240. The minimum atomic E-state index is -0.771. The Kier molecular flexibility index (Phi) is 6.11. The van der Waals surface area contributed by atoms with Gasteiger partial charge in [-0.05, 0) is 48.8 Å². The predicted molar refractivity (Wildman–Crippen MR) is 128 cm³/mol. The highest BCUT2D eigenvalue weighted by Crippen LogP contribution is 2.46. The largest absolute Gasteiger partial charge is 0.507 e. The SMILES string of the molecule is C=C(C)C(=O)c1cc(CC(C)C)c(O)c2c1C(=O)c1c(N)c(N)c(CC(C)C)c(O)c1C2=O. The number of nitrogen functional groups attached to an aromatic ring is 2. The van der Waals surface area contributed by atoms with Crippen LogP contribution in [0.2, 0.25) is 0 Å². The molecule has 2 aromatic rings. The molecule has 0 spiro atoms. The molecule has 3 rings (SSSR count). The van der Waals surface area contributed by atoms with Crippen LogP contribution >= 0.6 is 0 Å². The number of phenolic OH excluding ortho intramolecular Hbond substituents is 2. The van der Waals surface area contributed by atoms with Gasteiger partial charge in [-0.15, -0.1) is 0 Å². The van der Waals surface area contributed by atoms with Crippen molar-refractivity contribution in [3.63, 3.8) is 0 Å². The van der Waals surface area contributed by atoms with Gasteiger partial charge in [-0.1, -0.05) is 34.3 Å². The van der Waals surface area contributed by atoms with Crippen molar-refractivity contribution < 1.29 is 24.6 Å². The lowest BCUT2D eigenvalue weighted by Gasteiger charge is -2.27. The van der Waals surface area contributed by atoms with Gasteiger partial charge in [0.1, 0.15) is 11.5 Å². The summed E-state index contributed by atoms with van der Waals surface area (Å²) in [6.07, 6.45) is 0.709. The van der Waals surface area contributed by atoms with E-state index in [0.29, 0.717) is 18.4 Å². The van der Waals surface area contributed by atoms with E-state index in [2.05, 4.69) is 6.58 Å². The zero-order chi connectivity index (χ0) is 24.9. The van der Waals surface area contributed by atoms with Crippen molar-refractivity contribution in [3.05, 3.63) is 57.2 Å². The first-order chi connectivity index (χ1) is 15.3. The summed E-state index contributed by atoms with van der Waals surface area (Å²) < 4.78 is 0. The molecule has 0 saturated heterocycles. The van der Waals surface area contributed by atoms with Crippen LogP contribution in [0.15, 0.2) is 18.2 Å². The van der Waals surface area contributed by atoms with Crippen molar-refractivity contribution in [2.24, 2.45) is 11.8 Å². The summed E-state index contributed by atoms with van der Waals surface area (Å²) in [5.74, 6) is -2.64. The highest BCUT2D eigenvalue weighted by molar-refractivity contribution is 6.35. The van der Waals surface area contributed by atoms with Gasteiger partial charge in [0.2, 0.25) is 5.78 Å². The molecule has 0 heterocycles. The van der Waals surface area contributed by atoms with Crippen molar-refractivity contribution >= 4 is 28.7 Å². The van der Waals surface area contributed by atoms with Gasteiger partial charge in [0.15, 0.2) is 11.6 Å². The van der Waals surface area contributed by atoms with Gasteiger partial charge >= 0.3 is 0 Å². The van der Waals surface area contributed by atoms with Crippen LogP contribution in [0.5, 0.6) is 11.5 Å². The molecule has 0 radical (unpaired) electrons. The molecule has 7 nitrogen and oxygen atoms in total. The number of fused-ring (bicyclic) bond motifs is 2. The molecule has 174 valence electrons. The summed E-state index contributed by atoms with van der Waals surface area (Å²) in [6, 6.07) is 1.44. The number of carbonyl (C=O) groups is 3. The number of anilines is 2. The third-order valence-corrected chi connectivity index (χ3v) is 5.82. The van der Waals surface area contributed by atoms with E-state index in [1.807, 2.05) is 27.7 Å². The van der Waals surface area contributed by atoms with Crippen LogP contribution in [-0.4, -0.2) is 27.6 Å². The maximum absolute atomic E-state index is 13.7. The van der Waals surface area contributed by atoms with Gasteiger partial charge in [-0.2, -0.15) is 0 Å². The van der Waals surface area contributed by atoms with Crippen LogP contribution < -0.4 is 11.5 Å². The van der Waals surface area contributed by atoms with Crippen molar-refractivity contribution in [1.82, 2.24) is 0 Å². The fourth-order valence-corrected chi connectivity index (χ4v) is 4.34. The number of phenols is 2. The number of Topliss-reactive ketones (excluding diaryl/α,β-unsaturated/α-hetero) is 1. The van der Waals surface area contributed by atoms with E-state index in [-0.39, 0.29) is 67.9 Å². The molecule has 6 N–H and O–H groups in total. The zero-order valence-electron chi connectivity index (χ0n) is 19.6. The van der Waals surface area contributed by atoms with E-state index < -0.39 is 23.1 Å². The van der Waals surface area contributed by atoms with E-state index in [9.17, 15) is 24.6 Å². The predicted octanol–water partition coefficient (Wildman–Crippen LogP) is 4.19. The van der Waals surface area contributed by atoms with Crippen molar-refractivity contribution in [2.75, 3.05) is 11.5 Å². The molecule has 0 unspecified atom stereocenters. The number of aromatic hydroxyl groups is 2. The molecule has 1 aliphatic carbocycles. The van der Waals surface area contributed by atoms with E-state index in [1.165, 1.54) is 13.0 Å². The van der Waals surface area contributed by atoms with Gasteiger partial charge in [0.05, 0.1) is 28.1 Å². The zero-order valence-corrected chi connectivity index (χ0v) is 19.6. The smallest absolute Gasteiger partial charge is 0.202 e. The second kappa shape index (κ2) is 8.39. The summed E-state index contributed by atoms with van der Waals surface area (Å²) >= 11 is 0. The van der Waals surface area contributed by atoms with Gasteiger partial charge < -0.3 is 21.7 Å². The number of nitrogens with two attached hydrogens (primary N) is 2. The lowest BCUT2D eigenvalue weighted by atomic mass is 9.76. The number of hydrogen-bond donors (Lipinski definition) is 4. The van der Waals surface area contributed by atoms with Gasteiger partial charge in [0, 0.05) is 16.7 Å². The molecule has 1 aliphatic rings. The van der Waals surface area contributed by atoms with E-state index in [4.69, 9.17) is 11.5 Å². The number of benzene rings is 2. The van der Waals surface area contributed by atoms with Crippen LogP contribution in [0, 0.1) is 11.8 Å². The first-order valence-corrected chi connectivity index (χ1v) is 10.9. The number of allylic oxidation sites excluding steroid dienone is 1. The molecule has 2 aromatic carbocycles. The van der Waals surface area contributed by atoms with Crippen LogP contribution in [0.25, 0.3) is 0 Å². The Morgan fingerprint density at radius 2 is 1.39 bits per heavy atom. The monoisotopic (exact) mass is 450 g/mol. The Labute approximate surface area is 193 Å². The van der Waals surface area contributed by atoms with Crippen molar-refractivity contribution in [3.8, 4) is 11.5 Å². The fraction of sp³-hybridized carbons (Fsp3) is 0.346. The average Bonchev–Trinajstić information content (AvgIpc) is 2.72. The Balaban J connectivity index is 2.45. The Morgan fingerprint density at radius 1 is 0.879 bits per heavy atom. The molecular formula is C26H30N2O5. The normalized spacial score (nSPS) is 12.8. The number of ketones is 3. The Hall–Kier alpha value is -3.61. The van der Waals surface area contributed by atoms with Gasteiger partial charge in [-0.3, -0.25) is 14.4 Å². The summed E-state index contributed by atoms with van der Waals surface area (Å²) in [6.45, 7) is 12.9. The number of rotatable bonds is 6. The van der Waals surface area contributed by atoms with Crippen LogP contribution in [0.3, 0.4) is 0 Å². The van der Waals surface area contributed by atoms with Crippen LogP contribution in [0.4, 0.5) is 11.4 Å². The molecule has 0 bridgehead atoms. The second-order valence-electron chi connectivity index (χ2n) is 9.55. The molecule has 0 fully saturated rings. The van der Waals surface area contributed by atoms with E-state index in [0.717, 1.165) is 0 Å². The first-order valence-electron chi connectivity index (χ1n) is 10.9. The third-order valence-electron chi connectivity index (χ3n) is 5.82. The average molecular weight is 451 g/mol. The minimum Gasteiger partial charge on any atom is -0.507 e. The summed E-state index contributed by atoms with van der Waals surface area (Å²) in [4.78, 5) is 40.3. The maximum Gasteiger partial charge on any atom is 0.202 e. The number of carbonyl (C=O) groups excluding carboxylic acids is 3. The fourth-order valence-electron chi connectivity index (χ4n) is 4.34. The van der Waals surface area contributed by atoms with Gasteiger partial charge in [0.25, 0.3) is 0 Å². The lowest BCUT2D eigenvalue weighted by molar-refractivity contribution is 0.0967. The van der Waals surface area contributed by atoms with Gasteiger partial charge in [-0.25, -0.2) is 0 Å². The van der Waals surface area contributed by atoms with Crippen molar-refractivity contribution in [2.45, 2.75) is 47.5 Å². The third kappa shape index (κ3) is 3.77. The molecule has 33 heavy (non-hydrogen) atoms. The molecule has 0 aromatic heterocycles. The van der Waals surface area contributed by atoms with E-state index in [1.54, 1.807) is 0 Å².